The molecule has 19 heavy (non-hydrogen) atoms. The first-order chi connectivity index (χ1) is 8.92. The number of nitrogens with zero attached hydrogens (tertiary/aromatic N) is 1. The number of nitrogens with one attached hydrogen (secondary N) is 1. The lowest BCUT2D eigenvalue weighted by molar-refractivity contribution is -0.147. The molecule has 0 bridgehead atoms. The Morgan fingerprint density at radius 2 is 2.26 bits per heavy atom. The SMILES string of the molecule is COc1ccc(NC(=O)[C@H]2CC(=O)OC2(C)C)cn1. The van der Waals surface area contributed by atoms with Crippen molar-refractivity contribution in [1.29, 1.82) is 0 Å². The van der Waals surface area contributed by atoms with Gasteiger partial charge in [-0.15, -0.1) is 0 Å². The minimum atomic E-state index is -0.777. The van der Waals surface area contributed by atoms with Gasteiger partial charge in [0, 0.05) is 6.07 Å². The number of esters is 1. The number of amides is 1. The van der Waals surface area contributed by atoms with Crippen LogP contribution in [0.5, 0.6) is 5.88 Å². The van der Waals surface area contributed by atoms with Gasteiger partial charge in [0.05, 0.1) is 31.3 Å². The van der Waals surface area contributed by atoms with E-state index in [9.17, 15) is 9.59 Å². The van der Waals surface area contributed by atoms with E-state index in [1.165, 1.54) is 13.3 Å². The Morgan fingerprint density at radius 3 is 2.74 bits per heavy atom. The van der Waals surface area contributed by atoms with E-state index in [1.807, 2.05) is 0 Å². The molecule has 1 aromatic rings. The first-order valence-corrected chi connectivity index (χ1v) is 5.95. The van der Waals surface area contributed by atoms with E-state index in [-0.39, 0.29) is 18.3 Å². The van der Waals surface area contributed by atoms with Gasteiger partial charge in [-0.3, -0.25) is 9.59 Å². The first-order valence-electron chi connectivity index (χ1n) is 5.95. The molecule has 2 rings (SSSR count). The summed E-state index contributed by atoms with van der Waals surface area (Å²) in [4.78, 5) is 27.4. The maximum atomic E-state index is 12.1. The third kappa shape index (κ3) is 2.83. The molecule has 1 fully saturated rings. The van der Waals surface area contributed by atoms with Crippen molar-refractivity contribution >= 4 is 17.6 Å². The normalized spacial score (nSPS) is 20.8. The topological polar surface area (TPSA) is 77.5 Å². The number of hydrogen-bond acceptors (Lipinski definition) is 5. The highest BCUT2D eigenvalue weighted by Crippen LogP contribution is 2.33. The molecule has 0 aliphatic carbocycles. The summed E-state index contributed by atoms with van der Waals surface area (Å²) >= 11 is 0. The summed E-state index contributed by atoms with van der Waals surface area (Å²) in [5.41, 5.74) is -0.220. The summed E-state index contributed by atoms with van der Waals surface area (Å²) in [6.07, 6.45) is 1.60. The fourth-order valence-electron chi connectivity index (χ4n) is 2.03. The van der Waals surface area contributed by atoms with Crippen molar-refractivity contribution in [2.24, 2.45) is 5.92 Å². The Morgan fingerprint density at radius 1 is 1.53 bits per heavy atom. The second-order valence-corrected chi connectivity index (χ2v) is 4.91. The Labute approximate surface area is 111 Å². The number of carbonyl (C=O) groups is 2. The summed E-state index contributed by atoms with van der Waals surface area (Å²) in [7, 11) is 1.52. The number of carbonyl (C=O) groups excluding carboxylic acids is 2. The smallest absolute Gasteiger partial charge is 0.307 e. The van der Waals surface area contributed by atoms with Crippen LogP contribution in [-0.4, -0.2) is 29.6 Å². The van der Waals surface area contributed by atoms with E-state index >= 15 is 0 Å². The van der Waals surface area contributed by atoms with Gasteiger partial charge in [-0.2, -0.15) is 0 Å². The fourth-order valence-corrected chi connectivity index (χ4v) is 2.03. The summed E-state index contributed by atoms with van der Waals surface area (Å²) in [5.74, 6) is -0.624. The van der Waals surface area contributed by atoms with Crippen molar-refractivity contribution < 1.29 is 19.1 Å². The van der Waals surface area contributed by atoms with Crippen LogP contribution in [0, 0.1) is 5.92 Å². The third-order valence-electron chi connectivity index (χ3n) is 3.12. The van der Waals surface area contributed by atoms with Crippen LogP contribution in [0.1, 0.15) is 20.3 Å². The van der Waals surface area contributed by atoms with Crippen LogP contribution in [-0.2, 0) is 14.3 Å². The quantitative estimate of drug-likeness (QED) is 0.834. The number of aromatic nitrogens is 1. The molecule has 1 aliphatic rings. The average Bonchev–Trinajstić information content (AvgIpc) is 2.63. The fraction of sp³-hybridized carbons (Fsp3) is 0.462. The Hall–Kier alpha value is -2.11. The number of rotatable bonds is 3. The highest BCUT2D eigenvalue weighted by atomic mass is 16.6. The van der Waals surface area contributed by atoms with E-state index in [4.69, 9.17) is 9.47 Å². The van der Waals surface area contributed by atoms with Crippen LogP contribution in [0.2, 0.25) is 0 Å². The van der Waals surface area contributed by atoms with E-state index in [0.717, 1.165) is 0 Å². The molecule has 0 spiro atoms. The summed E-state index contributed by atoms with van der Waals surface area (Å²) < 4.78 is 10.1. The number of cyclic esters (lactones) is 1. The van der Waals surface area contributed by atoms with Crippen molar-refractivity contribution in [2.75, 3.05) is 12.4 Å². The van der Waals surface area contributed by atoms with E-state index in [0.29, 0.717) is 11.6 Å². The van der Waals surface area contributed by atoms with E-state index in [1.54, 1.807) is 26.0 Å². The van der Waals surface area contributed by atoms with Crippen LogP contribution in [0.15, 0.2) is 18.3 Å². The lowest BCUT2D eigenvalue weighted by Crippen LogP contribution is -2.36. The molecule has 0 unspecified atom stereocenters. The Balaban J connectivity index is 2.06. The predicted octanol–water partition coefficient (Wildman–Crippen LogP) is 1.37. The van der Waals surface area contributed by atoms with Crippen LogP contribution >= 0.6 is 0 Å². The van der Waals surface area contributed by atoms with Crippen LogP contribution in [0.4, 0.5) is 5.69 Å². The number of methoxy groups -OCH3 is 1. The number of pyridine rings is 1. The Bertz CT molecular complexity index is 496. The molecule has 6 nitrogen and oxygen atoms in total. The monoisotopic (exact) mass is 264 g/mol. The largest absolute Gasteiger partial charge is 0.481 e. The zero-order valence-corrected chi connectivity index (χ0v) is 11.1. The molecule has 1 aromatic heterocycles. The molecule has 1 saturated heterocycles. The molecule has 0 radical (unpaired) electrons. The van der Waals surface area contributed by atoms with Crippen molar-refractivity contribution in [2.45, 2.75) is 25.9 Å². The van der Waals surface area contributed by atoms with Gasteiger partial charge in [0.25, 0.3) is 0 Å². The van der Waals surface area contributed by atoms with Crippen molar-refractivity contribution in [1.82, 2.24) is 4.98 Å². The van der Waals surface area contributed by atoms with Crippen molar-refractivity contribution in [3.8, 4) is 5.88 Å². The minimum Gasteiger partial charge on any atom is -0.481 e. The van der Waals surface area contributed by atoms with Gasteiger partial charge < -0.3 is 14.8 Å². The van der Waals surface area contributed by atoms with Gasteiger partial charge in [-0.05, 0) is 19.9 Å². The molecule has 0 saturated carbocycles. The second kappa shape index (κ2) is 4.87. The second-order valence-electron chi connectivity index (χ2n) is 4.91. The third-order valence-corrected chi connectivity index (χ3v) is 3.12. The Kier molecular flexibility index (Phi) is 3.42. The standard InChI is InChI=1S/C13H16N2O4/c1-13(2)9(6-11(16)19-13)12(17)15-8-4-5-10(18-3)14-7-8/h4-5,7,9H,6H2,1-3H3,(H,15,17)/t9-/m1/s1. The van der Waals surface area contributed by atoms with Crippen LogP contribution in [0.3, 0.4) is 0 Å². The molecule has 1 atom stereocenters. The van der Waals surface area contributed by atoms with Gasteiger partial charge in [-0.1, -0.05) is 0 Å². The van der Waals surface area contributed by atoms with Crippen molar-refractivity contribution in [3.63, 3.8) is 0 Å². The highest BCUT2D eigenvalue weighted by molar-refractivity contribution is 5.96. The van der Waals surface area contributed by atoms with Gasteiger partial charge in [0.1, 0.15) is 5.60 Å². The number of hydrogen-bond donors (Lipinski definition) is 1. The molecule has 2 heterocycles. The molecule has 1 aliphatic heterocycles. The molecular formula is C13H16N2O4. The summed E-state index contributed by atoms with van der Waals surface area (Å²) in [6.45, 7) is 3.46. The van der Waals surface area contributed by atoms with Gasteiger partial charge in [0.15, 0.2) is 0 Å². The van der Waals surface area contributed by atoms with Gasteiger partial charge >= 0.3 is 5.97 Å². The molecule has 1 amide bonds. The van der Waals surface area contributed by atoms with Gasteiger partial charge in [0.2, 0.25) is 11.8 Å². The molecule has 1 N–H and O–H groups in total. The maximum Gasteiger partial charge on any atom is 0.307 e. The molecule has 102 valence electrons. The molecule has 6 heteroatoms. The molecular weight excluding hydrogens is 248 g/mol. The zero-order valence-electron chi connectivity index (χ0n) is 11.1. The predicted molar refractivity (Wildman–Crippen MR) is 67.7 cm³/mol. The van der Waals surface area contributed by atoms with E-state index < -0.39 is 11.5 Å². The number of anilines is 1. The summed E-state index contributed by atoms with van der Waals surface area (Å²) in [5, 5.41) is 2.72. The van der Waals surface area contributed by atoms with E-state index in [2.05, 4.69) is 10.3 Å². The minimum absolute atomic E-state index is 0.0996. The highest BCUT2D eigenvalue weighted by Gasteiger charge is 2.46. The number of ether oxygens (including phenoxy) is 2. The molecule has 0 aromatic carbocycles. The van der Waals surface area contributed by atoms with Crippen LogP contribution < -0.4 is 10.1 Å². The van der Waals surface area contributed by atoms with Crippen LogP contribution in [0.25, 0.3) is 0 Å². The lowest BCUT2D eigenvalue weighted by Gasteiger charge is -2.23. The van der Waals surface area contributed by atoms with Crippen molar-refractivity contribution in [3.05, 3.63) is 18.3 Å². The lowest BCUT2D eigenvalue weighted by atomic mass is 9.90. The maximum absolute atomic E-state index is 12.1. The van der Waals surface area contributed by atoms with Gasteiger partial charge in [-0.25, -0.2) is 4.98 Å². The summed E-state index contributed by atoms with van der Waals surface area (Å²) in [6, 6.07) is 3.34. The average molecular weight is 264 g/mol. The zero-order chi connectivity index (χ0) is 14.0. The first kappa shape index (κ1) is 13.3.